The van der Waals surface area contributed by atoms with Crippen LogP contribution in [0.25, 0.3) is 0 Å². The van der Waals surface area contributed by atoms with E-state index >= 15 is 0 Å². The van der Waals surface area contributed by atoms with E-state index in [1.807, 2.05) is 7.11 Å². The molecule has 1 aliphatic rings. The van der Waals surface area contributed by atoms with Crippen LogP contribution in [0.3, 0.4) is 0 Å². The van der Waals surface area contributed by atoms with Crippen molar-refractivity contribution in [3.05, 3.63) is 35.9 Å². The largest absolute Gasteiger partial charge is 0.378 e. The highest BCUT2D eigenvalue weighted by Crippen LogP contribution is 2.46. The Balaban J connectivity index is 2.19. The third-order valence-corrected chi connectivity index (χ3v) is 4.76. The third-order valence-electron chi connectivity index (χ3n) is 4.76. The van der Waals surface area contributed by atoms with E-state index in [1.165, 1.54) is 12.0 Å². The number of hydrogen-bond donors (Lipinski definition) is 0. The van der Waals surface area contributed by atoms with E-state index in [2.05, 4.69) is 51.1 Å². The summed E-state index contributed by atoms with van der Waals surface area (Å²) in [5.74, 6) is 2.00. The molecular formula is C16H24O. The van der Waals surface area contributed by atoms with Crippen LogP contribution >= 0.6 is 0 Å². The first-order chi connectivity index (χ1) is 8.07. The Morgan fingerprint density at radius 3 is 2.41 bits per heavy atom. The van der Waals surface area contributed by atoms with Gasteiger partial charge in [0.05, 0.1) is 5.60 Å². The molecule has 94 valence electrons. The number of benzene rings is 1. The molecule has 0 saturated heterocycles. The Kier molecular flexibility index (Phi) is 3.58. The quantitative estimate of drug-likeness (QED) is 0.741. The first-order valence-corrected chi connectivity index (χ1v) is 6.67. The van der Waals surface area contributed by atoms with Crippen molar-refractivity contribution in [3.8, 4) is 0 Å². The van der Waals surface area contributed by atoms with Crippen LogP contribution in [-0.4, -0.2) is 12.7 Å². The van der Waals surface area contributed by atoms with Crippen LogP contribution in [0.15, 0.2) is 30.3 Å². The van der Waals surface area contributed by atoms with Crippen LogP contribution < -0.4 is 0 Å². The average Bonchev–Trinajstić information content (AvgIpc) is 2.35. The summed E-state index contributed by atoms with van der Waals surface area (Å²) in [5.41, 5.74) is 1.55. The molecule has 0 radical (unpaired) electrons. The number of hydrogen-bond acceptors (Lipinski definition) is 1. The second-order valence-corrected chi connectivity index (χ2v) is 5.85. The van der Waals surface area contributed by atoms with Gasteiger partial charge in [-0.25, -0.2) is 0 Å². The van der Waals surface area contributed by atoms with Gasteiger partial charge in [-0.2, -0.15) is 0 Å². The predicted octanol–water partition coefficient (Wildman–Crippen LogP) is 4.24. The van der Waals surface area contributed by atoms with Crippen LogP contribution in [0.4, 0.5) is 0 Å². The molecule has 0 N–H and O–H groups in total. The second kappa shape index (κ2) is 4.81. The molecule has 0 spiro atoms. The molecule has 17 heavy (non-hydrogen) atoms. The summed E-state index contributed by atoms with van der Waals surface area (Å²) in [6, 6.07) is 10.9. The van der Waals surface area contributed by atoms with Gasteiger partial charge in [0, 0.05) is 7.11 Å². The summed E-state index contributed by atoms with van der Waals surface area (Å²) in [5, 5.41) is 0. The molecule has 0 bridgehead atoms. The summed E-state index contributed by atoms with van der Waals surface area (Å²) >= 11 is 0. The molecular weight excluding hydrogens is 208 g/mol. The van der Waals surface area contributed by atoms with Crippen molar-refractivity contribution in [1.29, 1.82) is 0 Å². The van der Waals surface area contributed by atoms with E-state index in [9.17, 15) is 0 Å². The van der Waals surface area contributed by atoms with Gasteiger partial charge in [-0.1, -0.05) is 44.2 Å². The Morgan fingerprint density at radius 1 is 1.18 bits per heavy atom. The topological polar surface area (TPSA) is 9.23 Å². The molecule has 1 nitrogen and oxygen atoms in total. The summed E-state index contributed by atoms with van der Waals surface area (Å²) < 4.78 is 5.75. The van der Waals surface area contributed by atoms with Crippen molar-refractivity contribution < 1.29 is 4.74 Å². The maximum Gasteiger partial charge on any atom is 0.0679 e. The number of rotatable bonds is 2. The molecule has 0 amide bonds. The molecule has 2 rings (SSSR count). The first-order valence-electron chi connectivity index (χ1n) is 6.67. The van der Waals surface area contributed by atoms with E-state index in [4.69, 9.17) is 4.74 Å². The van der Waals surface area contributed by atoms with Crippen molar-refractivity contribution in [2.45, 2.75) is 45.1 Å². The van der Waals surface area contributed by atoms with E-state index in [0.717, 1.165) is 6.42 Å². The van der Waals surface area contributed by atoms with Gasteiger partial charge in [0.1, 0.15) is 0 Å². The normalized spacial score (nSPS) is 38.0. The SMILES string of the molecule is COC1(C)CC(C)C(c2ccccc2)CC1C. The molecule has 1 aliphatic carbocycles. The maximum atomic E-state index is 5.75. The lowest BCUT2D eigenvalue weighted by Gasteiger charge is -2.45. The van der Waals surface area contributed by atoms with E-state index in [-0.39, 0.29) is 5.60 Å². The van der Waals surface area contributed by atoms with Gasteiger partial charge in [0.2, 0.25) is 0 Å². The van der Waals surface area contributed by atoms with Gasteiger partial charge in [0.25, 0.3) is 0 Å². The van der Waals surface area contributed by atoms with Gasteiger partial charge in [-0.05, 0) is 43.1 Å². The highest BCUT2D eigenvalue weighted by molar-refractivity contribution is 5.21. The summed E-state index contributed by atoms with van der Waals surface area (Å²) in [4.78, 5) is 0. The minimum Gasteiger partial charge on any atom is -0.378 e. The molecule has 0 aliphatic heterocycles. The van der Waals surface area contributed by atoms with Gasteiger partial charge in [0.15, 0.2) is 0 Å². The van der Waals surface area contributed by atoms with Gasteiger partial charge in [-0.15, -0.1) is 0 Å². The zero-order valence-corrected chi connectivity index (χ0v) is 11.4. The number of methoxy groups -OCH3 is 1. The molecule has 1 aromatic carbocycles. The minimum absolute atomic E-state index is 0.0602. The van der Waals surface area contributed by atoms with E-state index in [0.29, 0.717) is 17.8 Å². The highest BCUT2D eigenvalue weighted by atomic mass is 16.5. The molecule has 1 fully saturated rings. The fourth-order valence-corrected chi connectivity index (χ4v) is 3.29. The summed E-state index contributed by atoms with van der Waals surface area (Å²) in [6.07, 6.45) is 2.39. The lowest BCUT2D eigenvalue weighted by Crippen LogP contribution is -2.43. The first kappa shape index (κ1) is 12.6. The third kappa shape index (κ3) is 2.40. The van der Waals surface area contributed by atoms with Crippen molar-refractivity contribution >= 4 is 0 Å². The zero-order valence-electron chi connectivity index (χ0n) is 11.4. The van der Waals surface area contributed by atoms with Crippen LogP contribution in [0.2, 0.25) is 0 Å². The molecule has 1 saturated carbocycles. The maximum absolute atomic E-state index is 5.75. The van der Waals surface area contributed by atoms with Crippen LogP contribution in [-0.2, 0) is 4.74 Å². The van der Waals surface area contributed by atoms with E-state index < -0.39 is 0 Å². The van der Waals surface area contributed by atoms with Crippen molar-refractivity contribution in [3.63, 3.8) is 0 Å². The zero-order chi connectivity index (χ0) is 12.5. The Bertz CT molecular complexity index is 359. The molecule has 4 unspecified atom stereocenters. The lowest BCUT2D eigenvalue weighted by molar-refractivity contribution is -0.0809. The molecule has 4 atom stereocenters. The predicted molar refractivity (Wildman–Crippen MR) is 72.2 cm³/mol. The van der Waals surface area contributed by atoms with Crippen molar-refractivity contribution in [2.24, 2.45) is 11.8 Å². The van der Waals surface area contributed by atoms with Crippen molar-refractivity contribution in [1.82, 2.24) is 0 Å². The Labute approximate surface area is 105 Å². The fraction of sp³-hybridized carbons (Fsp3) is 0.625. The molecule has 1 aromatic rings. The molecule has 1 heteroatoms. The smallest absolute Gasteiger partial charge is 0.0679 e. The summed E-state index contributed by atoms with van der Waals surface area (Å²) in [6.45, 7) is 6.95. The summed E-state index contributed by atoms with van der Waals surface area (Å²) in [7, 11) is 1.85. The second-order valence-electron chi connectivity index (χ2n) is 5.85. The molecule has 0 heterocycles. The lowest BCUT2D eigenvalue weighted by atomic mass is 9.65. The molecule has 0 aromatic heterocycles. The monoisotopic (exact) mass is 232 g/mol. The Morgan fingerprint density at radius 2 is 1.82 bits per heavy atom. The van der Waals surface area contributed by atoms with Gasteiger partial charge < -0.3 is 4.74 Å². The van der Waals surface area contributed by atoms with Crippen molar-refractivity contribution in [2.75, 3.05) is 7.11 Å². The van der Waals surface area contributed by atoms with E-state index in [1.54, 1.807) is 0 Å². The van der Waals surface area contributed by atoms with Crippen LogP contribution in [0, 0.1) is 11.8 Å². The fourth-order valence-electron chi connectivity index (χ4n) is 3.29. The average molecular weight is 232 g/mol. The highest BCUT2D eigenvalue weighted by Gasteiger charge is 2.41. The standard InChI is InChI=1S/C16H24O/c1-12-11-16(3,17-4)13(2)10-15(12)14-8-6-5-7-9-14/h5-9,12-13,15H,10-11H2,1-4H3. The minimum atomic E-state index is 0.0602. The van der Waals surface area contributed by atoms with Gasteiger partial charge >= 0.3 is 0 Å². The van der Waals surface area contributed by atoms with Crippen LogP contribution in [0.1, 0.15) is 45.1 Å². The van der Waals surface area contributed by atoms with Gasteiger partial charge in [-0.3, -0.25) is 0 Å². The Hall–Kier alpha value is -0.820. The van der Waals surface area contributed by atoms with Crippen LogP contribution in [0.5, 0.6) is 0 Å². The number of ether oxygens (including phenoxy) is 1.